The van der Waals surface area contributed by atoms with E-state index in [0.717, 1.165) is 5.56 Å². The summed E-state index contributed by atoms with van der Waals surface area (Å²) in [4.78, 5) is 12.1. The van der Waals surface area contributed by atoms with Gasteiger partial charge in [-0.1, -0.05) is 29.2 Å². The molecule has 1 aromatic carbocycles. The van der Waals surface area contributed by atoms with Crippen LogP contribution in [-0.2, 0) is 0 Å². The van der Waals surface area contributed by atoms with Crippen molar-refractivity contribution in [2.45, 2.75) is 6.92 Å². The zero-order valence-corrected chi connectivity index (χ0v) is 11.1. The Bertz CT molecular complexity index is 640. The second-order valence-electron chi connectivity index (χ2n) is 3.75. The second kappa shape index (κ2) is 6.09. The molecule has 1 heterocycles. The summed E-state index contributed by atoms with van der Waals surface area (Å²) in [6.45, 7) is 2.20. The van der Waals surface area contributed by atoms with E-state index in [1.807, 2.05) is 19.1 Å². The Morgan fingerprint density at radius 3 is 3.05 bits per heavy atom. The van der Waals surface area contributed by atoms with Crippen LogP contribution in [0.4, 0.5) is 5.13 Å². The van der Waals surface area contributed by atoms with Crippen molar-refractivity contribution in [1.82, 2.24) is 10.2 Å². The summed E-state index contributed by atoms with van der Waals surface area (Å²) < 4.78 is 0. The van der Waals surface area contributed by atoms with E-state index in [9.17, 15) is 4.79 Å². The fraction of sp³-hybridized carbons (Fsp3) is 0.154. The molecule has 0 saturated carbocycles. The minimum Gasteiger partial charge on any atom is -0.320 e. The standard InChI is InChI=1S/C13H12N4OS/c1-9-4-5-11(10(7-9)3-2-6-14)12(18)16-13-17-15-8-19-13/h4-5,7-8H,6,14H2,1H3,(H,16,17,18). The SMILES string of the molecule is Cc1ccc(C(=O)Nc2nncs2)c(C#CCN)c1. The molecule has 0 radical (unpaired) electrons. The lowest BCUT2D eigenvalue weighted by Crippen LogP contribution is -2.13. The van der Waals surface area contributed by atoms with E-state index in [2.05, 4.69) is 27.4 Å². The Labute approximate surface area is 114 Å². The lowest BCUT2D eigenvalue weighted by atomic mass is 10.0. The molecule has 0 aliphatic carbocycles. The number of amides is 1. The molecule has 1 amide bonds. The molecule has 0 aliphatic rings. The van der Waals surface area contributed by atoms with Crippen molar-refractivity contribution >= 4 is 22.4 Å². The molecule has 0 bridgehead atoms. The number of nitrogens with two attached hydrogens (primary N) is 1. The minimum atomic E-state index is -0.252. The van der Waals surface area contributed by atoms with Gasteiger partial charge in [0.2, 0.25) is 5.13 Å². The van der Waals surface area contributed by atoms with E-state index in [-0.39, 0.29) is 12.5 Å². The number of rotatable bonds is 2. The van der Waals surface area contributed by atoms with Gasteiger partial charge >= 0.3 is 0 Å². The fourth-order valence-electron chi connectivity index (χ4n) is 1.50. The number of carbonyl (C=O) groups is 1. The number of benzene rings is 1. The highest BCUT2D eigenvalue weighted by Gasteiger charge is 2.12. The summed E-state index contributed by atoms with van der Waals surface area (Å²) in [5, 5.41) is 10.6. The van der Waals surface area contributed by atoms with Crippen LogP contribution in [0.25, 0.3) is 0 Å². The van der Waals surface area contributed by atoms with Crippen molar-refractivity contribution in [2.75, 3.05) is 11.9 Å². The molecule has 3 N–H and O–H groups in total. The summed E-state index contributed by atoms with van der Waals surface area (Å²) in [6.07, 6.45) is 0. The molecular formula is C13H12N4OS. The third kappa shape index (κ3) is 3.37. The van der Waals surface area contributed by atoms with Crippen LogP contribution in [-0.4, -0.2) is 22.6 Å². The largest absolute Gasteiger partial charge is 0.320 e. The van der Waals surface area contributed by atoms with Crippen LogP contribution >= 0.6 is 11.3 Å². The highest BCUT2D eigenvalue weighted by Crippen LogP contribution is 2.14. The van der Waals surface area contributed by atoms with Crippen LogP contribution < -0.4 is 11.1 Å². The van der Waals surface area contributed by atoms with Gasteiger partial charge in [-0.05, 0) is 24.6 Å². The molecule has 6 heteroatoms. The van der Waals surface area contributed by atoms with Crippen molar-refractivity contribution in [3.8, 4) is 11.8 Å². The third-order valence-corrected chi connectivity index (χ3v) is 2.93. The number of aryl methyl sites for hydroxylation is 1. The monoisotopic (exact) mass is 272 g/mol. The Balaban J connectivity index is 2.30. The van der Waals surface area contributed by atoms with Crippen molar-refractivity contribution in [3.05, 3.63) is 40.4 Å². The van der Waals surface area contributed by atoms with Gasteiger partial charge in [-0.25, -0.2) is 0 Å². The van der Waals surface area contributed by atoms with Crippen LogP contribution in [0.2, 0.25) is 0 Å². The normalized spacial score (nSPS) is 9.58. The van der Waals surface area contributed by atoms with E-state index in [1.54, 1.807) is 11.6 Å². The van der Waals surface area contributed by atoms with Crippen molar-refractivity contribution in [2.24, 2.45) is 5.73 Å². The van der Waals surface area contributed by atoms with Crippen LogP contribution in [0.3, 0.4) is 0 Å². The van der Waals surface area contributed by atoms with Gasteiger partial charge in [-0.2, -0.15) is 0 Å². The maximum Gasteiger partial charge on any atom is 0.258 e. The second-order valence-corrected chi connectivity index (χ2v) is 4.59. The zero-order valence-electron chi connectivity index (χ0n) is 10.3. The predicted molar refractivity (Wildman–Crippen MR) is 75.0 cm³/mol. The number of nitrogens with one attached hydrogen (secondary N) is 1. The van der Waals surface area contributed by atoms with Crippen LogP contribution in [0.1, 0.15) is 21.5 Å². The number of nitrogens with zero attached hydrogens (tertiary/aromatic N) is 2. The maximum atomic E-state index is 12.1. The molecule has 96 valence electrons. The Morgan fingerprint density at radius 1 is 1.53 bits per heavy atom. The minimum absolute atomic E-state index is 0.252. The number of hydrogen-bond acceptors (Lipinski definition) is 5. The lowest BCUT2D eigenvalue weighted by molar-refractivity contribution is 0.102. The fourth-order valence-corrected chi connectivity index (χ4v) is 1.94. The summed E-state index contributed by atoms with van der Waals surface area (Å²) in [5.74, 6) is 5.41. The Morgan fingerprint density at radius 2 is 2.37 bits per heavy atom. The Kier molecular flexibility index (Phi) is 4.23. The molecule has 0 aliphatic heterocycles. The van der Waals surface area contributed by atoms with E-state index in [0.29, 0.717) is 16.3 Å². The van der Waals surface area contributed by atoms with Gasteiger partial charge in [0.25, 0.3) is 5.91 Å². The van der Waals surface area contributed by atoms with Crippen LogP contribution in [0.15, 0.2) is 23.7 Å². The van der Waals surface area contributed by atoms with Gasteiger partial charge in [0.15, 0.2) is 0 Å². The molecule has 2 aromatic rings. The summed E-state index contributed by atoms with van der Waals surface area (Å²) in [7, 11) is 0. The average Bonchev–Trinajstić information content (AvgIpc) is 2.89. The number of aromatic nitrogens is 2. The third-order valence-electron chi connectivity index (χ3n) is 2.33. The molecule has 0 fully saturated rings. The first-order valence-corrected chi connectivity index (χ1v) is 6.46. The Hall–Kier alpha value is -2.23. The maximum absolute atomic E-state index is 12.1. The number of hydrogen-bond donors (Lipinski definition) is 2. The summed E-state index contributed by atoms with van der Waals surface area (Å²) in [6, 6.07) is 5.46. The summed E-state index contributed by atoms with van der Waals surface area (Å²) >= 11 is 1.26. The predicted octanol–water partition coefficient (Wildman–Crippen LogP) is 1.41. The van der Waals surface area contributed by atoms with Crippen molar-refractivity contribution in [3.63, 3.8) is 0 Å². The van der Waals surface area contributed by atoms with E-state index < -0.39 is 0 Å². The highest BCUT2D eigenvalue weighted by molar-refractivity contribution is 7.13. The number of carbonyl (C=O) groups excluding carboxylic acids is 1. The van der Waals surface area contributed by atoms with E-state index in [4.69, 9.17) is 5.73 Å². The van der Waals surface area contributed by atoms with Gasteiger partial charge in [0.1, 0.15) is 5.51 Å². The summed E-state index contributed by atoms with van der Waals surface area (Å²) in [5.41, 5.74) is 9.11. The first-order chi connectivity index (χ1) is 9.20. The molecule has 0 spiro atoms. The van der Waals surface area contributed by atoms with Gasteiger partial charge in [-0.3, -0.25) is 10.1 Å². The zero-order chi connectivity index (χ0) is 13.7. The smallest absolute Gasteiger partial charge is 0.258 e. The number of anilines is 1. The first kappa shape index (κ1) is 13.2. The van der Waals surface area contributed by atoms with Gasteiger partial charge in [-0.15, -0.1) is 10.2 Å². The molecule has 1 aromatic heterocycles. The molecule has 0 saturated heterocycles. The van der Waals surface area contributed by atoms with Crippen molar-refractivity contribution in [1.29, 1.82) is 0 Å². The molecule has 0 unspecified atom stereocenters. The van der Waals surface area contributed by atoms with Crippen molar-refractivity contribution < 1.29 is 4.79 Å². The molecular weight excluding hydrogens is 260 g/mol. The van der Waals surface area contributed by atoms with Gasteiger partial charge in [0, 0.05) is 5.56 Å². The average molecular weight is 272 g/mol. The first-order valence-electron chi connectivity index (χ1n) is 5.58. The van der Waals surface area contributed by atoms with Crippen LogP contribution in [0, 0.1) is 18.8 Å². The molecule has 5 nitrogen and oxygen atoms in total. The van der Waals surface area contributed by atoms with Crippen LogP contribution in [0.5, 0.6) is 0 Å². The molecule has 2 rings (SSSR count). The molecule has 19 heavy (non-hydrogen) atoms. The van der Waals surface area contributed by atoms with Gasteiger partial charge in [0.05, 0.1) is 12.1 Å². The quantitative estimate of drug-likeness (QED) is 0.810. The highest BCUT2D eigenvalue weighted by atomic mass is 32.1. The van der Waals surface area contributed by atoms with E-state index >= 15 is 0 Å². The topological polar surface area (TPSA) is 80.9 Å². The van der Waals surface area contributed by atoms with Gasteiger partial charge < -0.3 is 5.73 Å². The molecule has 0 atom stereocenters. The van der Waals surface area contributed by atoms with E-state index in [1.165, 1.54) is 11.3 Å². The lowest BCUT2D eigenvalue weighted by Gasteiger charge is -2.05.